The monoisotopic (exact) mass is 230 g/mol. The van der Waals surface area contributed by atoms with Gasteiger partial charge in [-0.3, -0.25) is 9.89 Å². The molecule has 0 aliphatic heterocycles. The van der Waals surface area contributed by atoms with Gasteiger partial charge in [0.15, 0.2) is 0 Å². The fourth-order valence-corrected chi connectivity index (χ4v) is 1.66. The minimum absolute atomic E-state index is 0.301. The van der Waals surface area contributed by atoms with Crippen molar-refractivity contribution in [2.24, 2.45) is 0 Å². The molecule has 0 saturated carbocycles. The first-order valence-electron chi connectivity index (χ1n) is 5.14. The number of hydrogen-bond acceptors (Lipinski definition) is 2. The fourth-order valence-electron chi connectivity index (χ4n) is 1.66. The van der Waals surface area contributed by atoms with Gasteiger partial charge < -0.3 is 0 Å². The summed E-state index contributed by atoms with van der Waals surface area (Å²) in [5, 5.41) is 7.00. The first-order valence-corrected chi connectivity index (χ1v) is 5.14. The number of benzene rings is 1. The minimum atomic E-state index is -0.301. The highest BCUT2D eigenvalue weighted by molar-refractivity contribution is 5.83. The second-order valence-corrected chi connectivity index (χ2v) is 3.63. The van der Waals surface area contributed by atoms with Crippen molar-refractivity contribution >= 4 is 23.3 Å². The van der Waals surface area contributed by atoms with Crippen molar-refractivity contribution in [2.75, 3.05) is 0 Å². The van der Waals surface area contributed by atoms with E-state index in [9.17, 15) is 9.18 Å². The summed E-state index contributed by atoms with van der Waals surface area (Å²) in [7, 11) is 0. The molecule has 4 heteroatoms. The Kier molecular flexibility index (Phi) is 3.14. The molecule has 0 atom stereocenters. The van der Waals surface area contributed by atoms with E-state index in [0.717, 1.165) is 5.56 Å². The summed E-state index contributed by atoms with van der Waals surface area (Å²) in [5.41, 5.74) is 2.00. The minimum Gasteiger partial charge on any atom is -0.299 e. The van der Waals surface area contributed by atoms with Crippen LogP contribution >= 0.6 is 0 Å². The second-order valence-electron chi connectivity index (χ2n) is 3.63. The molecule has 0 fully saturated rings. The normalized spacial score (nSPS) is 11.9. The number of aldehydes is 1. The van der Waals surface area contributed by atoms with Crippen LogP contribution in [0.5, 0.6) is 0 Å². The molecule has 0 radical (unpaired) electrons. The zero-order valence-electron chi connectivity index (χ0n) is 9.27. The van der Waals surface area contributed by atoms with Crippen LogP contribution in [0, 0.1) is 12.7 Å². The van der Waals surface area contributed by atoms with E-state index in [1.54, 1.807) is 18.2 Å². The Morgan fingerprint density at radius 1 is 1.35 bits per heavy atom. The number of carbonyl (C=O) groups is 1. The van der Waals surface area contributed by atoms with Gasteiger partial charge in [0.2, 0.25) is 0 Å². The molecule has 0 bridgehead atoms. The Bertz CT molecular complexity index is 611. The lowest BCUT2D eigenvalue weighted by atomic mass is 10.0. The van der Waals surface area contributed by atoms with Gasteiger partial charge in [0, 0.05) is 5.56 Å². The summed E-state index contributed by atoms with van der Waals surface area (Å²) < 4.78 is 14.1. The van der Waals surface area contributed by atoms with Crippen LogP contribution in [0.2, 0.25) is 0 Å². The molecule has 1 N–H and O–H groups in total. The fraction of sp³-hybridized carbons (Fsp3) is 0.0769. The van der Waals surface area contributed by atoms with E-state index in [-0.39, 0.29) is 5.82 Å². The Balaban J connectivity index is 2.49. The largest absolute Gasteiger partial charge is 0.299 e. The predicted octanol–water partition coefficient (Wildman–Crippen LogP) is 2.78. The first kappa shape index (κ1) is 11.3. The number of rotatable bonds is 3. The number of nitrogens with one attached hydrogen (secondary N) is 1. The van der Waals surface area contributed by atoms with Gasteiger partial charge in [0.05, 0.1) is 17.1 Å². The van der Waals surface area contributed by atoms with Gasteiger partial charge in [-0.1, -0.05) is 18.2 Å². The smallest absolute Gasteiger partial charge is 0.142 e. The molecule has 0 aliphatic carbocycles. The molecule has 86 valence electrons. The standard InChI is InChI=1S/C13H11FN2O/c1-9-7-12-11(8-15-16-12)13(14)10(9)5-3-2-4-6-17/h2-8H,1H3,(H,15,16)/b4-2+,5-3+. The number of aromatic amines is 1. The lowest BCUT2D eigenvalue weighted by molar-refractivity contribution is -0.104. The van der Waals surface area contributed by atoms with Gasteiger partial charge in [0.1, 0.15) is 12.1 Å². The molecule has 0 unspecified atom stereocenters. The maximum atomic E-state index is 14.1. The summed E-state index contributed by atoms with van der Waals surface area (Å²) >= 11 is 0. The number of hydrogen-bond donors (Lipinski definition) is 1. The van der Waals surface area contributed by atoms with Crippen LogP contribution in [0.3, 0.4) is 0 Å². The molecule has 3 nitrogen and oxygen atoms in total. The molecule has 2 rings (SSSR count). The lowest BCUT2D eigenvalue weighted by Gasteiger charge is -2.03. The van der Waals surface area contributed by atoms with Gasteiger partial charge in [0.25, 0.3) is 0 Å². The molecule has 0 aliphatic rings. The summed E-state index contributed by atoms with van der Waals surface area (Å²) in [6, 6.07) is 1.84. The second kappa shape index (κ2) is 4.74. The molecule has 0 spiro atoms. The summed E-state index contributed by atoms with van der Waals surface area (Å²) in [4.78, 5) is 10.1. The van der Waals surface area contributed by atoms with Crippen LogP contribution < -0.4 is 0 Å². The van der Waals surface area contributed by atoms with E-state index in [1.807, 2.05) is 13.0 Å². The van der Waals surface area contributed by atoms with E-state index < -0.39 is 0 Å². The van der Waals surface area contributed by atoms with E-state index in [0.29, 0.717) is 22.8 Å². The summed E-state index contributed by atoms with van der Waals surface area (Å²) in [6.07, 6.45) is 8.31. The van der Waals surface area contributed by atoms with E-state index in [2.05, 4.69) is 10.2 Å². The summed E-state index contributed by atoms with van der Waals surface area (Å²) in [5.74, 6) is -0.301. The molecule has 0 amide bonds. The highest BCUT2D eigenvalue weighted by Crippen LogP contribution is 2.23. The number of H-pyrrole nitrogens is 1. The third kappa shape index (κ3) is 2.15. The number of halogens is 1. The molecular weight excluding hydrogens is 219 g/mol. The topological polar surface area (TPSA) is 45.8 Å². The Morgan fingerprint density at radius 3 is 2.94 bits per heavy atom. The van der Waals surface area contributed by atoms with Crippen molar-refractivity contribution < 1.29 is 9.18 Å². The SMILES string of the molecule is Cc1cc2[nH]ncc2c(F)c1/C=C/C=C/C=O. The number of fused-ring (bicyclic) bond motifs is 1. The summed E-state index contributed by atoms with van der Waals surface area (Å²) in [6.45, 7) is 1.83. The lowest BCUT2D eigenvalue weighted by Crippen LogP contribution is -1.88. The van der Waals surface area contributed by atoms with Crippen LogP contribution in [0.4, 0.5) is 4.39 Å². The highest BCUT2D eigenvalue weighted by Gasteiger charge is 2.09. The maximum absolute atomic E-state index is 14.1. The van der Waals surface area contributed by atoms with Crippen LogP contribution in [0.1, 0.15) is 11.1 Å². The van der Waals surface area contributed by atoms with Gasteiger partial charge in [-0.25, -0.2) is 4.39 Å². The van der Waals surface area contributed by atoms with Crippen LogP contribution in [-0.4, -0.2) is 16.5 Å². The Hall–Kier alpha value is -2.23. The van der Waals surface area contributed by atoms with E-state index in [4.69, 9.17) is 0 Å². The maximum Gasteiger partial charge on any atom is 0.142 e. The quantitative estimate of drug-likeness (QED) is 0.500. The number of carbonyl (C=O) groups excluding carboxylic acids is 1. The van der Waals surface area contributed by atoms with Gasteiger partial charge >= 0.3 is 0 Å². The number of nitrogens with zero attached hydrogens (tertiary/aromatic N) is 1. The zero-order chi connectivity index (χ0) is 12.3. The average Bonchev–Trinajstić information content (AvgIpc) is 2.76. The zero-order valence-corrected chi connectivity index (χ0v) is 9.27. The van der Waals surface area contributed by atoms with Crippen molar-refractivity contribution in [3.05, 3.63) is 47.4 Å². The van der Waals surface area contributed by atoms with Crippen molar-refractivity contribution in [3.63, 3.8) is 0 Å². The Labute approximate surface area is 97.6 Å². The van der Waals surface area contributed by atoms with Gasteiger partial charge in [-0.2, -0.15) is 5.10 Å². The Morgan fingerprint density at radius 2 is 2.18 bits per heavy atom. The van der Waals surface area contributed by atoms with E-state index in [1.165, 1.54) is 12.3 Å². The average molecular weight is 230 g/mol. The molecule has 1 aromatic heterocycles. The molecule has 2 aromatic rings. The van der Waals surface area contributed by atoms with Gasteiger partial charge in [-0.15, -0.1) is 0 Å². The highest BCUT2D eigenvalue weighted by atomic mass is 19.1. The molecular formula is C13H11FN2O. The molecule has 1 aromatic carbocycles. The number of aryl methyl sites for hydroxylation is 1. The third-order valence-electron chi connectivity index (χ3n) is 2.49. The van der Waals surface area contributed by atoms with Crippen molar-refractivity contribution in [1.29, 1.82) is 0 Å². The first-order chi connectivity index (χ1) is 8.24. The molecule has 17 heavy (non-hydrogen) atoms. The van der Waals surface area contributed by atoms with Crippen molar-refractivity contribution in [2.45, 2.75) is 6.92 Å². The molecule has 1 heterocycles. The van der Waals surface area contributed by atoms with Crippen LogP contribution in [0.25, 0.3) is 17.0 Å². The molecule has 0 saturated heterocycles. The van der Waals surface area contributed by atoms with Crippen molar-refractivity contribution in [1.82, 2.24) is 10.2 Å². The number of aromatic nitrogens is 2. The third-order valence-corrected chi connectivity index (χ3v) is 2.49. The van der Waals surface area contributed by atoms with Gasteiger partial charge in [-0.05, 0) is 24.6 Å². The predicted molar refractivity (Wildman–Crippen MR) is 65.0 cm³/mol. The van der Waals surface area contributed by atoms with Crippen LogP contribution in [-0.2, 0) is 4.79 Å². The van der Waals surface area contributed by atoms with Crippen LogP contribution in [0.15, 0.2) is 30.5 Å². The van der Waals surface area contributed by atoms with Crippen molar-refractivity contribution in [3.8, 4) is 0 Å². The number of allylic oxidation sites excluding steroid dienone is 3. The van der Waals surface area contributed by atoms with E-state index >= 15 is 0 Å².